The van der Waals surface area contributed by atoms with Gasteiger partial charge in [-0.05, 0) is 51.0 Å². The third kappa shape index (κ3) is 3.02. The molecule has 1 fully saturated rings. The van der Waals surface area contributed by atoms with Crippen molar-refractivity contribution < 1.29 is 5.11 Å². The van der Waals surface area contributed by atoms with Crippen LogP contribution < -0.4 is 5.32 Å². The Morgan fingerprint density at radius 1 is 1.36 bits per heavy atom. The fourth-order valence-electron chi connectivity index (χ4n) is 2.60. The molecule has 5 nitrogen and oxygen atoms in total. The van der Waals surface area contributed by atoms with Gasteiger partial charge in [-0.2, -0.15) is 0 Å². The van der Waals surface area contributed by atoms with Gasteiger partial charge in [0.05, 0.1) is 17.4 Å². The number of aromatic nitrogens is 3. The number of rotatable bonds is 6. The lowest BCUT2D eigenvalue weighted by atomic mass is 10.1. The van der Waals surface area contributed by atoms with Gasteiger partial charge in [-0.25, -0.2) is 4.68 Å². The molecular formula is C16H21ClN4O. The Labute approximate surface area is 135 Å². The van der Waals surface area contributed by atoms with E-state index in [0.29, 0.717) is 5.02 Å². The molecule has 0 amide bonds. The minimum Gasteiger partial charge on any atom is -0.396 e. The van der Waals surface area contributed by atoms with Crippen LogP contribution >= 0.6 is 11.6 Å². The number of aliphatic hydroxyl groups is 1. The topological polar surface area (TPSA) is 63.0 Å². The number of benzene rings is 1. The van der Waals surface area contributed by atoms with E-state index in [1.165, 1.54) is 0 Å². The molecule has 1 aliphatic carbocycles. The summed E-state index contributed by atoms with van der Waals surface area (Å²) >= 11 is 5.92. The maximum atomic E-state index is 9.39. The number of nitrogens with zero attached hydrogens (tertiary/aromatic N) is 3. The molecule has 1 aromatic heterocycles. The van der Waals surface area contributed by atoms with E-state index in [-0.39, 0.29) is 18.1 Å². The van der Waals surface area contributed by atoms with Crippen molar-refractivity contribution in [2.45, 2.75) is 32.7 Å². The zero-order valence-electron chi connectivity index (χ0n) is 12.9. The second kappa shape index (κ2) is 5.99. The normalized spacial score (nSPS) is 17.5. The van der Waals surface area contributed by atoms with Gasteiger partial charge < -0.3 is 10.4 Å². The van der Waals surface area contributed by atoms with Crippen LogP contribution in [0.2, 0.25) is 5.02 Å². The first kappa shape index (κ1) is 15.5. The van der Waals surface area contributed by atoms with Crippen molar-refractivity contribution in [2.24, 2.45) is 5.41 Å². The Morgan fingerprint density at radius 3 is 2.64 bits per heavy atom. The first-order valence-electron chi connectivity index (χ1n) is 7.57. The Morgan fingerprint density at radius 2 is 2.05 bits per heavy atom. The van der Waals surface area contributed by atoms with Crippen molar-refractivity contribution in [3.63, 3.8) is 0 Å². The zero-order valence-corrected chi connectivity index (χ0v) is 13.6. The summed E-state index contributed by atoms with van der Waals surface area (Å²) < 4.78 is 1.82. The molecule has 1 aliphatic rings. The second-order valence-corrected chi connectivity index (χ2v) is 6.65. The molecule has 118 valence electrons. The van der Waals surface area contributed by atoms with E-state index in [0.717, 1.165) is 36.5 Å². The Hall–Kier alpha value is -1.43. The van der Waals surface area contributed by atoms with Gasteiger partial charge in [0.25, 0.3) is 0 Å². The molecule has 0 spiro atoms. The molecule has 0 radical (unpaired) electrons. The molecular weight excluding hydrogens is 300 g/mol. The summed E-state index contributed by atoms with van der Waals surface area (Å²) in [6, 6.07) is 7.65. The van der Waals surface area contributed by atoms with Crippen LogP contribution in [0.4, 0.5) is 0 Å². The summed E-state index contributed by atoms with van der Waals surface area (Å²) in [5.41, 5.74) is 2.98. The van der Waals surface area contributed by atoms with Crippen molar-refractivity contribution in [1.29, 1.82) is 0 Å². The average Bonchev–Trinajstić information content (AvgIpc) is 3.22. The molecule has 1 saturated carbocycles. The molecule has 1 unspecified atom stereocenters. The van der Waals surface area contributed by atoms with Crippen LogP contribution in [0.25, 0.3) is 5.69 Å². The van der Waals surface area contributed by atoms with E-state index >= 15 is 0 Å². The zero-order chi connectivity index (χ0) is 15.7. The van der Waals surface area contributed by atoms with Crippen LogP contribution in [0, 0.1) is 12.3 Å². The molecule has 1 atom stereocenters. The predicted molar refractivity (Wildman–Crippen MR) is 86.3 cm³/mol. The maximum absolute atomic E-state index is 9.39. The molecule has 1 aromatic carbocycles. The fraction of sp³-hybridized carbons (Fsp3) is 0.500. The Bertz CT molecular complexity index is 649. The lowest BCUT2D eigenvalue weighted by Crippen LogP contribution is -2.29. The third-order valence-electron chi connectivity index (χ3n) is 4.49. The minimum atomic E-state index is 0.0916. The van der Waals surface area contributed by atoms with Gasteiger partial charge in [-0.15, -0.1) is 5.10 Å². The highest BCUT2D eigenvalue weighted by Crippen LogP contribution is 2.44. The molecule has 0 aliphatic heterocycles. The van der Waals surface area contributed by atoms with Crippen molar-refractivity contribution >= 4 is 11.6 Å². The lowest BCUT2D eigenvalue weighted by molar-refractivity contribution is 0.204. The van der Waals surface area contributed by atoms with E-state index < -0.39 is 0 Å². The van der Waals surface area contributed by atoms with Crippen LogP contribution in [0.3, 0.4) is 0 Å². The van der Waals surface area contributed by atoms with Gasteiger partial charge >= 0.3 is 0 Å². The molecule has 2 aromatic rings. The minimum absolute atomic E-state index is 0.0916. The molecule has 1 heterocycles. The van der Waals surface area contributed by atoms with Crippen LogP contribution in [-0.2, 0) is 0 Å². The second-order valence-electron chi connectivity index (χ2n) is 6.21. The molecule has 3 rings (SSSR count). The summed E-state index contributed by atoms with van der Waals surface area (Å²) in [4.78, 5) is 0. The van der Waals surface area contributed by atoms with Gasteiger partial charge in [-0.1, -0.05) is 16.8 Å². The average molecular weight is 321 g/mol. The molecule has 0 bridgehead atoms. The Balaban J connectivity index is 1.73. The number of nitrogens with one attached hydrogen (secondary N) is 1. The van der Waals surface area contributed by atoms with Crippen molar-refractivity contribution in [1.82, 2.24) is 20.3 Å². The molecule has 22 heavy (non-hydrogen) atoms. The van der Waals surface area contributed by atoms with Gasteiger partial charge in [0, 0.05) is 23.6 Å². The van der Waals surface area contributed by atoms with Crippen LogP contribution in [-0.4, -0.2) is 33.3 Å². The number of hydrogen-bond donors (Lipinski definition) is 2. The number of halogens is 1. The summed E-state index contributed by atoms with van der Waals surface area (Å²) in [5.74, 6) is 0. The molecule has 6 heteroatoms. The van der Waals surface area contributed by atoms with E-state index in [4.69, 9.17) is 11.6 Å². The van der Waals surface area contributed by atoms with E-state index in [2.05, 4.69) is 22.6 Å². The summed E-state index contributed by atoms with van der Waals surface area (Å²) in [7, 11) is 0. The van der Waals surface area contributed by atoms with Crippen molar-refractivity contribution in [3.05, 3.63) is 40.7 Å². The summed E-state index contributed by atoms with van der Waals surface area (Å²) in [6.45, 7) is 5.17. The van der Waals surface area contributed by atoms with Gasteiger partial charge in [0.15, 0.2) is 0 Å². The van der Waals surface area contributed by atoms with Crippen LogP contribution in [0.1, 0.15) is 37.2 Å². The van der Waals surface area contributed by atoms with Gasteiger partial charge in [0.1, 0.15) is 5.69 Å². The monoisotopic (exact) mass is 320 g/mol. The number of aliphatic hydroxyl groups excluding tert-OH is 1. The highest BCUT2D eigenvalue weighted by molar-refractivity contribution is 6.30. The lowest BCUT2D eigenvalue weighted by Gasteiger charge is -2.17. The van der Waals surface area contributed by atoms with E-state index in [1.807, 2.05) is 35.9 Å². The van der Waals surface area contributed by atoms with Gasteiger partial charge in [-0.3, -0.25) is 0 Å². The highest BCUT2D eigenvalue weighted by Gasteiger charge is 2.41. The fourth-order valence-corrected chi connectivity index (χ4v) is 2.73. The summed E-state index contributed by atoms with van der Waals surface area (Å²) in [6.07, 6.45) is 2.19. The summed E-state index contributed by atoms with van der Waals surface area (Å²) in [5, 5.41) is 22.1. The predicted octanol–water partition coefficient (Wildman–Crippen LogP) is 2.65. The highest BCUT2D eigenvalue weighted by atomic mass is 35.5. The van der Waals surface area contributed by atoms with E-state index in [1.54, 1.807) is 0 Å². The molecule has 0 saturated heterocycles. The van der Waals surface area contributed by atoms with Crippen LogP contribution in [0.15, 0.2) is 24.3 Å². The van der Waals surface area contributed by atoms with E-state index in [9.17, 15) is 5.11 Å². The van der Waals surface area contributed by atoms with Crippen molar-refractivity contribution in [2.75, 3.05) is 13.2 Å². The third-order valence-corrected chi connectivity index (χ3v) is 4.74. The SMILES string of the molecule is Cc1c(C(C)NCC2(CO)CC2)nnn1-c1ccc(Cl)cc1. The Kier molecular flexibility index (Phi) is 4.21. The largest absolute Gasteiger partial charge is 0.396 e. The first-order valence-corrected chi connectivity index (χ1v) is 7.95. The standard InChI is InChI=1S/C16H21ClN4O/c1-11(18-9-16(10-22)7-8-16)15-12(2)21(20-19-15)14-5-3-13(17)4-6-14/h3-6,11,18,22H,7-10H2,1-2H3. The quantitative estimate of drug-likeness (QED) is 0.859. The number of hydrogen-bond acceptors (Lipinski definition) is 4. The maximum Gasteiger partial charge on any atom is 0.103 e. The first-order chi connectivity index (χ1) is 10.5. The molecule has 2 N–H and O–H groups in total. The van der Waals surface area contributed by atoms with Crippen LogP contribution in [0.5, 0.6) is 0 Å². The van der Waals surface area contributed by atoms with Crippen molar-refractivity contribution in [3.8, 4) is 5.69 Å². The van der Waals surface area contributed by atoms with Gasteiger partial charge in [0.2, 0.25) is 0 Å². The smallest absolute Gasteiger partial charge is 0.103 e.